The van der Waals surface area contributed by atoms with Gasteiger partial charge in [0.15, 0.2) is 0 Å². The lowest BCUT2D eigenvalue weighted by Crippen LogP contribution is -2.49. The standard InChI is InChI=1S/C15H21FN2O/c1-17-10-14-15(11-3-2-4-12(16)9-11)18(7-8-19-14)13-5-6-13/h2-4,9,13-15,17H,5-8,10H2,1H3. The molecule has 1 saturated heterocycles. The quantitative estimate of drug-likeness (QED) is 0.899. The summed E-state index contributed by atoms with van der Waals surface area (Å²) >= 11 is 0. The third-order valence-electron chi connectivity index (χ3n) is 4.00. The Bertz CT molecular complexity index is 434. The van der Waals surface area contributed by atoms with E-state index < -0.39 is 0 Å². The second-order valence-corrected chi connectivity index (χ2v) is 5.44. The second-order valence-electron chi connectivity index (χ2n) is 5.44. The molecule has 3 nitrogen and oxygen atoms in total. The van der Waals surface area contributed by atoms with Gasteiger partial charge in [0.1, 0.15) is 5.82 Å². The number of hydrogen-bond acceptors (Lipinski definition) is 3. The van der Waals surface area contributed by atoms with Crippen molar-refractivity contribution in [1.29, 1.82) is 0 Å². The first-order valence-corrected chi connectivity index (χ1v) is 7.07. The molecule has 2 fully saturated rings. The third kappa shape index (κ3) is 2.81. The van der Waals surface area contributed by atoms with Crippen LogP contribution in [0.1, 0.15) is 24.4 Å². The highest BCUT2D eigenvalue weighted by Gasteiger charge is 2.40. The van der Waals surface area contributed by atoms with E-state index in [9.17, 15) is 4.39 Å². The van der Waals surface area contributed by atoms with Crippen molar-refractivity contribution in [2.24, 2.45) is 0 Å². The van der Waals surface area contributed by atoms with Crippen molar-refractivity contribution in [2.45, 2.75) is 31.0 Å². The Kier molecular flexibility index (Phi) is 3.82. The van der Waals surface area contributed by atoms with Gasteiger partial charge in [-0.25, -0.2) is 4.39 Å². The first kappa shape index (κ1) is 13.0. The van der Waals surface area contributed by atoms with E-state index in [-0.39, 0.29) is 18.0 Å². The summed E-state index contributed by atoms with van der Waals surface area (Å²) in [5, 5.41) is 3.19. The average molecular weight is 264 g/mol. The lowest BCUT2D eigenvalue weighted by molar-refractivity contribution is -0.0740. The fraction of sp³-hybridized carbons (Fsp3) is 0.600. The van der Waals surface area contributed by atoms with E-state index in [4.69, 9.17) is 4.74 Å². The molecule has 2 aliphatic rings. The number of halogens is 1. The van der Waals surface area contributed by atoms with Crippen LogP contribution in [0.3, 0.4) is 0 Å². The molecule has 1 aromatic rings. The summed E-state index contributed by atoms with van der Waals surface area (Å²) in [4.78, 5) is 2.50. The molecule has 1 aliphatic carbocycles. The normalized spacial score (nSPS) is 28.5. The molecule has 0 bridgehead atoms. The van der Waals surface area contributed by atoms with Gasteiger partial charge in [-0.15, -0.1) is 0 Å². The van der Waals surface area contributed by atoms with E-state index in [0.717, 1.165) is 25.3 Å². The van der Waals surface area contributed by atoms with Crippen LogP contribution in [0.5, 0.6) is 0 Å². The summed E-state index contributed by atoms with van der Waals surface area (Å²) in [5.41, 5.74) is 1.03. The molecule has 1 aromatic carbocycles. The Morgan fingerprint density at radius 1 is 1.42 bits per heavy atom. The van der Waals surface area contributed by atoms with Crippen molar-refractivity contribution in [3.8, 4) is 0 Å². The van der Waals surface area contributed by atoms with Crippen LogP contribution in [0.4, 0.5) is 4.39 Å². The fourth-order valence-electron chi connectivity index (χ4n) is 3.04. The molecule has 1 N–H and O–H groups in total. The molecule has 0 spiro atoms. The Labute approximate surface area is 113 Å². The minimum absolute atomic E-state index is 0.0983. The van der Waals surface area contributed by atoms with E-state index in [1.54, 1.807) is 12.1 Å². The van der Waals surface area contributed by atoms with Gasteiger partial charge >= 0.3 is 0 Å². The topological polar surface area (TPSA) is 24.5 Å². The van der Waals surface area contributed by atoms with Gasteiger partial charge in [-0.2, -0.15) is 0 Å². The van der Waals surface area contributed by atoms with Gasteiger partial charge in [-0.05, 0) is 37.6 Å². The minimum Gasteiger partial charge on any atom is -0.374 e. The molecule has 1 saturated carbocycles. The summed E-state index contributed by atoms with van der Waals surface area (Å²) in [6, 6.07) is 7.79. The number of likely N-dealkylation sites (N-methyl/N-ethyl adjacent to an activating group) is 1. The van der Waals surface area contributed by atoms with Gasteiger partial charge < -0.3 is 10.1 Å². The average Bonchev–Trinajstić information content (AvgIpc) is 3.23. The molecule has 104 valence electrons. The lowest BCUT2D eigenvalue weighted by atomic mass is 9.97. The molecular formula is C15H21FN2O. The summed E-state index contributed by atoms with van der Waals surface area (Å²) in [6.07, 6.45) is 2.62. The second kappa shape index (κ2) is 5.57. The third-order valence-corrected chi connectivity index (χ3v) is 4.00. The number of nitrogens with one attached hydrogen (secondary N) is 1. The first-order valence-electron chi connectivity index (χ1n) is 7.07. The Hall–Kier alpha value is -0.970. The zero-order chi connectivity index (χ0) is 13.2. The molecule has 0 amide bonds. The lowest BCUT2D eigenvalue weighted by Gasteiger charge is -2.41. The van der Waals surface area contributed by atoms with Crippen LogP contribution in [-0.4, -0.2) is 43.8 Å². The summed E-state index contributed by atoms with van der Waals surface area (Å²) in [6.45, 7) is 2.52. The van der Waals surface area contributed by atoms with Crippen molar-refractivity contribution in [3.63, 3.8) is 0 Å². The smallest absolute Gasteiger partial charge is 0.123 e. The monoisotopic (exact) mass is 264 g/mol. The number of ether oxygens (including phenoxy) is 1. The maximum atomic E-state index is 13.5. The molecule has 3 rings (SSSR count). The zero-order valence-electron chi connectivity index (χ0n) is 11.3. The van der Waals surface area contributed by atoms with Gasteiger partial charge in [0.2, 0.25) is 0 Å². The van der Waals surface area contributed by atoms with Crippen molar-refractivity contribution in [1.82, 2.24) is 10.2 Å². The molecular weight excluding hydrogens is 243 g/mol. The molecule has 0 aromatic heterocycles. The Balaban J connectivity index is 1.89. The number of hydrogen-bond donors (Lipinski definition) is 1. The van der Waals surface area contributed by atoms with E-state index in [2.05, 4.69) is 10.2 Å². The van der Waals surface area contributed by atoms with Crippen molar-refractivity contribution < 1.29 is 9.13 Å². The van der Waals surface area contributed by atoms with Gasteiger partial charge in [-0.1, -0.05) is 12.1 Å². The van der Waals surface area contributed by atoms with Crippen LogP contribution in [0.25, 0.3) is 0 Å². The van der Waals surface area contributed by atoms with Crippen LogP contribution in [0.2, 0.25) is 0 Å². The summed E-state index contributed by atoms with van der Waals surface area (Å²) in [7, 11) is 1.93. The molecule has 0 radical (unpaired) electrons. The highest BCUT2D eigenvalue weighted by Crippen LogP contribution is 2.38. The molecule has 2 unspecified atom stereocenters. The van der Waals surface area contributed by atoms with E-state index in [0.29, 0.717) is 6.04 Å². The number of nitrogens with zero attached hydrogens (tertiary/aromatic N) is 1. The van der Waals surface area contributed by atoms with Crippen molar-refractivity contribution in [3.05, 3.63) is 35.6 Å². The van der Waals surface area contributed by atoms with Crippen LogP contribution in [0.15, 0.2) is 24.3 Å². The van der Waals surface area contributed by atoms with Crippen LogP contribution in [0, 0.1) is 5.82 Å². The first-order chi connectivity index (χ1) is 9.29. The van der Waals surface area contributed by atoms with Gasteiger partial charge in [-0.3, -0.25) is 4.90 Å². The molecule has 1 heterocycles. The molecule has 2 atom stereocenters. The number of morpholine rings is 1. The number of rotatable bonds is 4. The van der Waals surface area contributed by atoms with Gasteiger partial charge in [0.25, 0.3) is 0 Å². The highest BCUT2D eigenvalue weighted by molar-refractivity contribution is 5.23. The zero-order valence-corrected chi connectivity index (χ0v) is 11.3. The van der Waals surface area contributed by atoms with Crippen LogP contribution < -0.4 is 5.32 Å². The maximum Gasteiger partial charge on any atom is 0.123 e. The molecule has 1 aliphatic heterocycles. The van der Waals surface area contributed by atoms with E-state index in [1.165, 1.54) is 18.9 Å². The minimum atomic E-state index is -0.165. The van der Waals surface area contributed by atoms with Gasteiger partial charge in [0.05, 0.1) is 18.8 Å². The summed E-state index contributed by atoms with van der Waals surface area (Å²) in [5.74, 6) is -0.165. The molecule has 19 heavy (non-hydrogen) atoms. The Morgan fingerprint density at radius 2 is 2.26 bits per heavy atom. The number of benzene rings is 1. The van der Waals surface area contributed by atoms with E-state index >= 15 is 0 Å². The van der Waals surface area contributed by atoms with E-state index in [1.807, 2.05) is 13.1 Å². The predicted octanol–water partition coefficient (Wildman–Crippen LogP) is 1.95. The van der Waals surface area contributed by atoms with Crippen molar-refractivity contribution >= 4 is 0 Å². The predicted molar refractivity (Wildman–Crippen MR) is 72.5 cm³/mol. The Morgan fingerprint density at radius 3 is 2.95 bits per heavy atom. The SMILES string of the molecule is CNCC1OCCN(C2CC2)C1c1cccc(F)c1. The van der Waals surface area contributed by atoms with Crippen molar-refractivity contribution in [2.75, 3.05) is 26.7 Å². The molecule has 4 heteroatoms. The maximum absolute atomic E-state index is 13.5. The van der Waals surface area contributed by atoms with Crippen LogP contribution >= 0.6 is 0 Å². The largest absolute Gasteiger partial charge is 0.374 e. The summed E-state index contributed by atoms with van der Waals surface area (Å²) < 4.78 is 19.4. The van der Waals surface area contributed by atoms with Gasteiger partial charge in [0, 0.05) is 19.1 Å². The highest BCUT2D eigenvalue weighted by atomic mass is 19.1. The fourth-order valence-corrected chi connectivity index (χ4v) is 3.04. The van der Waals surface area contributed by atoms with Crippen LogP contribution in [-0.2, 0) is 4.74 Å².